The van der Waals surface area contributed by atoms with Crippen molar-refractivity contribution in [3.63, 3.8) is 0 Å². The van der Waals surface area contributed by atoms with E-state index < -0.39 is 0 Å². The third kappa shape index (κ3) is 12.4. The van der Waals surface area contributed by atoms with Crippen LogP contribution >= 0.6 is 0 Å². The van der Waals surface area contributed by atoms with E-state index in [4.69, 9.17) is 0 Å². The number of Topliss-reactive ketones (excluding diaryl/α,β-unsaturated/α-hetero) is 1. The second kappa shape index (κ2) is 10.7. The standard InChI is InChI=1S/C10H20O.CH4/c1-3-4-5-6-7-8-9-10(2)11;/h3-9H2,1-2H3;1H4. The van der Waals surface area contributed by atoms with Gasteiger partial charge in [0.05, 0.1) is 0 Å². The van der Waals surface area contributed by atoms with Gasteiger partial charge in [-0.05, 0) is 13.3 Å². The van der Waals surface area contributed by atoms with Crippen LogP contribution in [0.25, 0.3) is 0 Å². The Labute approximate surface area is 77.6 Å². The predicted octanol–water partition coefficient (Wildman–Crippen LogP) is 3.96. The zero-order chi connectivity index (χ0) is 8.53. The van der Waals surface area contributed by atoms with E-state index >= 15 is 0 Å². The van der Waals surface area contributed by atoms with Crippen molar-refractivity contribution in [3.05, 3.63) is 0 Å². The molecule has 0 aliphatic carbocycles. The molecule has 0 unspecified atom stereocenters. The fraction of sp³-hybridized carbons (Fsp3) is 0.909. The Balaban J connectivity index is 0. The number of carbonyl (C=O) groups is 1. The molecule has 0 aliphatic heterocycles. The van der Waals surface area contributed by atoms with Crippen molar-refractivity contribution in [1.29, 1.82) is 0 Å². The molecule has 0 N–H and O–H groups in total. The van der Waals surface area contributed by atoms with Crippen LogP contribution in [-0.2, 0) is 4.79 Å². The molecule has 0 aromatic heterocycles. The summed E-state index contributed by atoms with van der Waals surface area (Å²) in [6.07, 6.45) is 8.41. The zero-order valence-corrected chi connectivity index (χ0v) is 7.86. The van der Waals surface area contributed by atoms with Crippen molar-refractivity contribution in [2.75, 3.05) is 0 Å². The van der Waals surface area contributed by atoms with Crippen LogP contribution in [0, 0.1) is 0 Å². The molecule has 0 aromatic carbocycles. The highest BCUT2D eigenvalue weighted by atomic mass is 16.1. The van der Waals surface area contributed by atoms with E-state index in [1.54, 1.807) is 6.92 Å². The minimum Gasteiger partial charge on any atom is -0.300 e. The molecule has 0 radical (unpaired) electrons. The minimum absolute atomic E-state index is 0. The molecule has 0 aliphatic rings. The summed E-state index contributed by atoms with van der Waals surface area (Å²) in [5, 5.41) is 0. The van der Waals surface area contributed by atoms with E-state index in [0.29, 0.717) is 5.78 Å². The van der Waals surface area contributed by atoms with Crippen LogP contribution in [0.15, 0.2) is 0 Å². The van der Waals surface area contributed by atoms with Crippen LogP contribution in [0.2, 0.25) is 0 Å². The van der Waals surface area contributed by atoms with Gasteiger partial charge in [-0.2, -0.15) is 0 Å². The van der Waals surface area contributed by atoms with Crippen molar-refractivity contribution in [1.82, 2.24) is 0 Å². The van der Waals surface area contributed by atoms with Gasteiger partial charge in [0.15, 0.2) is 0 Å². The molecule has 74 valence electrons. The van der Waals surface area contributed by atoms with E-state index in [1.165, 1.54) is 32.1 Å². The van der Waals surface area contributed by atoms with Gasteiger partial charge in [0.1, 0.15) is 5.78 Å². The first kappa shape index (κ1) is 14.2. The van der Waals surface area contributed by atoms with Crippen LogP contribution in [0.5, 0.6) is 0 Å². The average molecular weight is 172 g/mol. The molecule has 1 nitrogen and oxygen atoms in total. The summed E-state index contributed by atoms with van der Waals surface area (Å²) in [5.74, 6) is 0.334. The monoisotopic (exact) mass is 172 g/mol. The molecule has 12 heavy (non-hydrogen) atoms. The van der Waals surface area contributed by atoms with Crippen molar-refractivity contribution in [2.45, 2.75) is 66.2 Å². The molecular formula is C11H24O. The summed E-state index contributed by atoms with van der Waals surface area (Å²) < 4.78 is 0. The van der Waals surface area contributed by atoms with Gasteiger partial charge >= 0.3 is 0 Å². The van der Waals surface area contributed by atoms with Crippen molar-refractivity contribution >= 4 is 5.78 Å². The molecule has 0 spiro atoms. The lowest BCUT2D eigenvalue weighted by atomic mass is 10.1. The Bertz CT molecular complexity index is 97.2. The number of carbonyl (C=O) groups excluding carboxylic acids is 1. The van der Waals surface area contributed by atoms with Gasteiger partial charge in [0.25, 0.3) is 0 Å². The molecular weight excluding hydrogens is 148 g/mol. The van der Waals surface area contributed by atoms with E-state index in [2.05, 4.69) is 6.92 Å². The summed E-state index contributed by atoms with van der Waals surface area (Å²) in [4.78, 5) is 10.5. The summed E-state index contributed by atoms with van der Waals surface area (Å²) in [6, 6.07) is 0. The third-order valence-electron chi connectivity index (χ3n) is 1.88. The highest BCUT2D eigenvalue weighted by Crippen LogP contribution is 2.06. The van der Waals surface area contributed by atoms with Gasteiger partial charge in [-0.25, -0.2) is 0 Å². The molecule has 0 atom stereocenters. The van der Waals surface area contributed by atoms with Crippen LogP contribution in [0.1, 0.15) is 66.2 Å². The second-order valence-electron chi connectivity index (χ2n) is 3.22. The molecule has 1 heteroatoms. The lowest BCUT2D eigenvalue weighted by Gasteiger charge is -1.97. The highest BCUT2D eigenvalue weighted by Gasteiger charge is 1.92. The SMILES string of the molecule is C.CCCCCCCCC(C)=O. The first-order valence-electron chi connectivity index (χ1n) is 4.76. The number of hydrogen-bond acceptors (Lipinski definition) is 1. The molecule has 0 fully saturated rings. The topological polar surface area (TPSA) is 17.1 Å². The molecule has 0 bridgehead atoms. The van der Waals surface area contributed by atoms with E-state index in [1.807, 2.05) is 0 Å². The first-order valence-corrected chi connectivity index (χ1v) is 4.76. The summed E-state index contributed by atoms with van der Waals surface area (Å²) in [5.41, 5.74) is 0. The molecule has 0 rings (SSSR count). The Kier molecular flexibility index (Phi) is 12.6. The maximum absolute atomic E-state index is 10.5. The van der Waals surface area contributed by atoms with Crippen LogP contribution in [0.4, 0.5) is 0 Å². The van der Waals surface area contributed by atoms with Crippen molar-refractivity contribution in [2.24, 2.45) is 0 Å². The number of rotatable bonds is 7. The van der Waals surface area contributed by atoms with Gasteiger partial charge in [0.2, 0.25) is 0 Å². The maximum atomic E-state index is 10.5. The van der Waals surface area contributed by atoms with Crippen LogP contribution in [0.3, 0.4) is 0 Å². The predicted molar refractivity (Wildman–Crippen MR) is 55.4 cm³/mol. The quantitative estimate of drug-likeness (QED) is 0.531. The highest BCUT2D eigenvalue weighted by molar-refractivity contribution is 5.75. The van der Waals surface area contributed by atoms with E-state index in [9.17, 15) is 4.79 Å². The maximum Gasteiger partial charge on any atom is 0.129 e. The molecule has 0 heterocycles. The smallest absolute Gasteiger partial charge is 0.129 e. The van der Waals surface area contributed by atoms with Gasteiger partial charge in [0, 0.05) is 6.42 Å². The minimum atomic E-state index is 0. The molecule has 0 aromatic rings. The Morgan fingerprint density at radius 2 is 1.50 bits per heavy atom. The second-order valence-corrected chi connectivity index (χ2v) is 3.22. The number of hydrogen-bond donors (Lipinski definition) is 0. The fourth-order valence-electron chi connectivity index (χ4n) is 1.15. The van der Waals surface area contributed by atoms with Crippen molar-refractivity contribution in [3.8, 4) is 0 Å². The Hall–Kier alpha value is -0.330. The summed E-state index contributed by atoms with van der Waals surface area (Å²) in [7, 11) is 0. The van der Waals surface area contributed by atoms with E-state index in [0.717, 1.165) is 12.8 Å². The Morgan fingerprint density at radius 1 is 1.00 bits per heavy atom. The number of unbranched alkanes of at least 4 members (excludes halogenated alkanes) is 5. The normalized spacial score (nSPS) is 9.17. The largest absolute Gasteiger partial charge is 0.300 e. The van der Waals surface area contributed by atoms with Gasteiger partial charge in [-0.3, -0.25) is 0 Å². The summed E-state index contributed by atoms with van der Waals surface area (Å²) >= 11 is 0. The molecule has 0 amide bonds. The van der Waals surface area contributed by atoms with Gasteiger partial charge in [-0.15, -0.1) is 0 Å². The first-order chi connectivity index (χ1) is 5.27. The van der Waals surface area contributed by atoms with Crippen LogP contribution in [-0.4, -0.2) is 5.78 Å². The fourth-order valence-corrected chi connectivity index (χ4v) is 1.15. The third-order valence-corrected chi connectivity index (χ3v) is 1.88. The molecule has 0 saturated carbocycles. The zero-order valence-electron chi connectivity index (χ0n) is 7.86. The average Bonchev–Trinajstić information content (AvgIpc) is 1.96. The van der Waals surface area contributed by atoms with Gasteiger partial charge in [-0.1, -0.05) is 46.5 Å². The van der Waals surface area contributed by atoms with Crippen LogP contribution < -0.4 is 0 Å². The lowest BCUT2D eigenvalue weighted by Crippen LogP contribution is -1.88. The molecule has 0 saturated heterocycles. The van der Waals surface area contributed by atoms with Crippen molar-refractivity contribution < 1.29 is 4.79 Å². The lowest BCUT2D eigenvalue weighted by molar-refractivity contribution is -0.117. The Morgan fingerprint density at radius 3 is 2.00 bits per heavy atom. The number of ketones is 1. The summed E-state index contributed by atoms with van der Waals surface area (Å²) in [6.45, 7) is 3.89. The van der Waals surface area contributed by atoms with Gasteiger partial charge < -0.3 is 4.79 Å². The van der Waals surface area contributed by atoms with E-state index in [-0.39, 0.29) is 7.43 Å².